The normalized spacial score (nSPS) is 15.5. The van der Waals surface area contributed by atoms with Crippen molar-refractivity contribution in [3.63, 3.8) is 0 Å². The van der Waals surface area contributed by atoms with E-state index in [1.54, 1.807) is 22.7 Å². The molecule has 0 radical (unpaired) electrons. The van der Waals surface area contributed by atoms with Crippen LogP contribution in [0.4, 0.5) is 5.82 Å². The van der Waals surface area contributed by atoms with Crippen molar-refractivity contribution in [2.24, 2.45) is 5.10 Å². The zero-order chi connectivity index (χ0) is 21.1. The topological polar surface area (TPSA) is 119 Å². The maximum Gasteiger partial charge on any atom is 0.253 e. The average Bonchev–Trinajstić information content (AvgIpc) is 3.52. The van der Waals surface area contributed by atoms with Crippen LogP contribution in [0.5, 0.6) is 0 Å². The van der Waals surface area contributed by atoms with Gasteiger partial charge in [-0.05, 0) is 29.0 Å². The van der Waals surface area contributed by atoms with Crippen molar-refractivity contribution >= 4 is 51.9 Å². The summed E-state index contributed by atoms with van der Waals surface area (Å²) in [7, 11) is 0. The summed E-state index contributed by atoms with van der Waals surface area (Å²) in [5.41, 5.74) is 7.02. The SMILES string of the molecule is N#Cc1cc(C#N)c(SCC(=O)N2N=C(c3cccs3)CC2c2cccs2)nc1N. The number of carbonyl (C=O) groups excluding carboxylic acids is 1. The molecular weight excluding hydrogens is 436 g/mol. The highest BCUT2D eigenvalue weighted by Gasteiger charge is 2.34. The molecule has 1 unspecified atom stereocenters. The van der Waals surface area contributed by atoms with Crippen LogP contribution in [0, 0.1) is 22.7 Å². The predicted molar refractivity (Wildman–Crippen MR) is 118 cm³/mol. The highest BCUT2D eigenvalue weighted by molar-refractivity contribution is 8.00. The van der Waals surface area contributed by atoms with Crippen LogP contribution in [-0.4, -0.2) is 27.4 Å². The molecule has 1 atom stereocenters. The predicted octanol–water partition coefficient (Wildman–Crippen LogP) is 4.00. The molecule has 0 aromatic carbocycles. The molecule has 30 heavy (non-hydrogen) atoms. The number of carbonyl (C=O) groups is 1. The number of pyridine rings is 1. The number of nitrogen functional groups attached to an aromatic ring is 1. The van der Waals surface area contributed by atoms with Gasteiger partial charge in [0.05, 0.1) is 33.5 Å². The third kappa shape index (κ3) is 3.94. The molecule has 10 heteroatoms. The molecule has 1 amide bonds. The van der Waals surface area contributed by atoms with E-state index in [2.05, 4.69) is 10.1 Å². The van der Waals surface area contributed by atoms with Crippen molar-refractivity contribution in [2.45, 2.75) is 17.5 Å². The zero-order valence-corrected chi connectivity index (χ0v) is 17.9. The number of hydrogen-bond donors (Lipinski definition) is 1. The molecule has 1 aliphatic rings. The fourth-order valence-corrected chi connectivity index (χ4v) is 5.37. The van der Waals surface area contributed by atoms with E-state index < -0.39 is 0 Å². The number of nitrogens with two attached hydrogens (primary N) is 1. The van der Waals surface area contributed by atoms with E-state index in [-0.39, 0.29) is 34.6 Å². The van der Waals surface area contributed by atoms with E-state index in [4.69, 9.17) is 11.0 Å². The van der Waals surface area contributed by atoms with Crippen LogP contribution >= 0.6 is 34.4 Å². The molecule has 0 saturated heterocycles. The number of amides is 1. The van der Waals surface area contributed by atoms with Gasteiger partial charge in [-0.2, -0.15) is 15.6 Å². The van der Waals surface area contributed by atoms with E-state index in [1.165, 1.54) is 11.1 Å². The fraction of sp³-hybridized carbons (Fsp3) is 0.150. The largest absolute Gasteiger partial charge is 0.383 e. The van der Waals surface area contributed by atoms with E-state index >= 15 is 0 Å². The number of hydrogen-bond acceptors (Lipinski definition) is 9. The maximum absolute atomic E-state index is 13.1. The summed E-state index contributed by atoms with van der Waals surface area (Å²) in [5.74, 6) is -0.0866. The minimum absolute atomic E-state index is 0.0436. The molecule has 0 saturated carbocycles. The molecule has 7 nitrogen and oxygen atoms in total. The number of anilines is 1. The lowest BCUT2D eigenvalue weighted by molar-refractivity contribution is -0.130. The molecular formula is C20H14N6OS3. The Morgan fingerprint density at radius 2 is 2.00 bits per heavy atom. The third-order valence-corrected chi connectivity index (χ3v) is 7.30. The first-order chi connectivity index (χ1) is 14.6. The Bertz CT molecular complexity index is 1190. The number of rotatable bonds is 5. The minimum atomic E-state index is -0.182. The highest BCUT2D eigenvalue weighted by atomic mass is 32.2. The summed E-state index contributed by atoms with van der Waals surface area (Å²) in [4.78, 5) is 19.3. The third-order valence-electron chi connectivity index (χ3n) is 4.43. The second-order valence-electron chi connectivity index (χ2n) is 6.28. The van der Waals surface area contributed by atoms with Gasteiger partial charge in [0.15, 0.2) is 0 Å². The molecule has 0 bridgehead atoms. The van der Waals surface area contributed by atoms with Crippen LogP contribution < -0.4 is 5.73 Å². The Kier molecular flexibility index (Phi) is 5.81. The number of hydrazone groups is 1. The molecule has 2 N–H and O–H groups in total. The molecule has 4 rings (SSSR count). The van der Waals surface area contributed by atoms with Gasteiger partial charge in [-0.15, -0.1) is 22.7 Å². The summed E-state index contributed by atoms with van der Waals surface area (Å²) >= 11 is 4.31. The summed E-state index contributed by atoms with van der Waals surface area (Å²) in [6, 6.07) is 13.1. The Morgan fingerprint density at radius 3 is 2.67 bits per heavy atom. The van der Waals surface area contributed by atoms with Crippen LogP contribution in [0.25, 0.3) is 0 Å². The summed E-state index contributed by atoms with van der Waals surface area (Å²) in [5, 5.41) is 28.9. The zero-order valence-electron chi connectivity index (χ0n) is 15.5. The lowest BCUT2D eigenvalue weighted by atomic mass is 10.1. The lowest BCUT2D eigenvalue weighted by Gasteiger charge is -2.20. The van der Waals surface area contributed by atoms with Gasteiger partial charge in [-0.25, -0.2) is 9.99 Å². The van der Waals surface area contributed by atoms with Gasteiger partial charge in [-0.3, -0.25) is 4.79 Å². The van der Waals surface area contributed by atoms with Crippen LogP contribution in [0.15, 0.2) is 51.2 Å². The van der Waals surface area contributed by atoms with Crippen molar-refractivity contribution in [2.75, 3.05) is 11.5 Å². The molecule has 3 aromatic heterocycles. The van der Waals surface area contributed by atoms with Crippen LogP contribution in [0.1, 0.15) is 33.3 Å². The van der Waals surface area contributed by atoms with Gasteiger partial charge in [0, 0.05) is 11.3 Å². The molecule has 148 valence electrons. The second-order valence-corrected chi connectivity index (χ2v) is 9.17. The second kappa shape index (κ2) is 8.67. The van der Waals surface area contributed by atoms with Crippen molar-refractivity contribution < 1.29 is 4.79 Å². The number of thioether (sulfide) groups is 1. The Labute approximate surface area is 185 Å². The van der Waals surface area contributed by atoms with Gasteiger partial charge in [0.2, 0.25) is 0 Å². The van der Waals surface area contributed by atoms with Crippen LogP contribution in [0.2, 0.25) is 0 Å². The minimum Gasteiger partial charge on any atom is -0.383 e. The van der Waals surface area contributed by atoms with Gasteiger partial charge in [-0.1, -0.05) is 23.9 Å². The first-order valence-corrected chi connectivity index (χ1v) is 11.6. The highest BCUT2D eigenvalue weighted by Crippen LogP contribution is 2.36. The van der Waals surface area contributed by atoms with E-state index in [9.17, 15) is 10.1 Å². The molecule has 3 aromatic rings. The van der Waals surface area contributed by atoms with Crippen LogP contribution in [-0.2, 0) is 4.79 Å². The number of nitriles is 2. The fourth-order valence-electron chi connectivity index (χ4n) is 3.02. The maximum atomic E-state index is 13.1. The van der Waals surface area contributed by atoms with E-state index in [0.29, 0.717) is 11.4 Å². The number of nitrogens with zero attached hydrogens (tertiary/aromatic N) is 5. The molecule has 4 heterocycles. The molecule has 0 aliphatic carbocycles. The van der Waals surface area contributed by atoms with Crippen molar-refractivity contribution in [3.8, 4) is 12.1 Å². The summed E-state index contributed by atoms with van der Waals surface area (Å²) in [6.45, 7) is 0. The van der Waals surface area contributed by atoms with Gasteiger partial charge < -0.3 is 5.73 Å². The summed E-state index contributed by atoms with van der Waals surface area (Å²) in [6.07, 6.45) is 0.656. The molecule has 1 aliphatic heterocycles. The molecule has 0 fully saturated rings. The van der Waals surface area contributed by atoms with E-state index in [0.717, 1.165) is 27.2 Å². The number of aromatic nitrogens is 1. The van der Waals surface area contributed by atoms with Gasteiger partial charge >= 0.3 is 0 Å². The summed E-state index contributed by atoms with van der Waals surface area (Å²) < 4.78 is 0. The standard InChI is InChI=1S/C20H14N6OS3/c21-9-12-7-13(10-22)20(24-19(12)23)30-11-18(27)26-15(17-4-2-6-29-17)8-14(25-26)16-3-1-5-28-16/h1-7,15H,8,11H2,(H2,23,24). The van der Waals surface area contributed by atoms with E-state index in [1.807, 2.05) is 47.2 Å². The first-order valence-electron chi connectivity index (χ1n) is 8.81. The Hall–Kier alpha value is -3.18. The smallest absolute Gasteiger partial charge is 0.253 e. The van der Waals surface area contributed by atoms with Crippen molar-refractivity contribution in [3.05, 3.63) is 62.0 Å². The van der Waals surface area contributed by atoms with Crippen LogP contribution in [0.3, 0.4) is 0 Å². The number of thiophene rings is 2. The van der Waals surface area contributed by atoms with Gasteiger partial charge in [0.25, 0.3) is 5.91 Å². The lowest BCUT2D eigenvalue weighted by Crippen LogP contribution is -2.28. The monoisotopic (exact) mass is 450 g/mol. The Balaban J connectivity index is 1.56. The van der Waals surface area contributed by atoms with Gasteiger partial charge in [0.1, 0.15) is 23.0 Å². The van der Waals surface area contributed by atoms with Crippen molar-refractivity contribution in [1.82, 2.24) is 9.99 Å². The Morgan fingerprint density at radius 1 is 1.23 bits per heavy atom. The average molecular weight is 451 g/mol. The first kappa shape index (κ1) is 20.1. The molecule has 0 spiro atoms. The van der Waals surface area contributed by atoms with Crippen molar-refractivity contribution in [1.29, 1.82) is 10.5 Å². The quantitative estimate of drug-likeness (QED) is 0.587.